The maximum absolute atomic E-state index is 10.9. The van der Waals surface area contributed by atoms with Gasteiger partial charge in [0.25, 0.3) is 0 Å². The molecule has 0 saturated carbocycles. The van der Waals surface area contributed by atoms with Crippen LogP contribution in [0.15, 0.2) is 0 Å². The molecule has 0 spiro atoms. The number of hydrogen-bond acceptors (Lipinski definition) is 1. The van der Waals surface area contributed by atoms with Crippen molar-refractivity contribution in [1.82, 2.24) is 0 Å². The summed E-state index contributed by atoms with van der Waals surface area (Å²) in [5, 5.41) is -0.0293. The summed E-state index contributed by atoms with van der Waals surface area (Å²) in [4.78, 5) is 0. The van der Waals surface area contributed by atoms with Crippen molar-refractivity contribution >= 4 is 34.0 Å². The molecule has 0 radical (unpaired) electrons. The highest BCUT2D eigenvalue weighted by Crippen LogP contribution is 2.01. The van der Waals surface area contributed by atoms with Crippen molar-refractivity contribution in [2.24, 2.45) is 0 Å². The summed E-state index contributed by atoms with van der Waals surface area (Å²) in [6.07, 6.45) is 0. The lowest BCUT2D eigenvalue weighted by Gasteiger charge is -2.06. The van der Waals surface area contributed by atoms with E-state index < -0.39 is 10.8 Å². The third-order valence-corrected chi connectivity index (χ3v) is 3.76. The first kappa shape index (κ1) is 9.73. The molecular weight excluding hydrogens is 179 g/mol. The van der Waals surface area contributed by atoms with E-state index in [9.17, 15) is 4.21 Å². The molecule has 0 aliphatic carbocycles. The summed E-state index contributed by atoms with van der Waals surface area (Å²) < 4.78 is 10.9. The average molecular weight is 189 g/mol. The zero-order chi connectivity index (χ0) is 7.28. The van der Waals surface area contributed by atoms with E-state index in [1.54, 1.807) is 0 Å². The van der Waals surface area contributed by atoms with Gasteiger partial charge in [0.2, 0.25) is 0 Å². The molecule has 0 heterocycles. The molecular formula is C5H10Cl2OS. The Bertz CT molecular complexity index is 93.0. The van der Waals surface area contributed by atoms with Crippen molar-refractivity contribution in [2.75, 3.05) is 17.5 Å². The van der Waals surface area contributed by atoms with Crippen molar-refractivity contribution in [3.63, 3.8) is 0 Å². The first-order chi connectivity index (χ1) is 4.26. The number of alkyl halides is 2. The molecule has 0 aliphatic rings. The second-order valence-electron chi connectivity index (χ2n) is 1.60. The number of hydrogen-bond donors (Lipinski definition) is 0. The monoisotopic (exact) mass is 188 g/mol. The Kier molecular flexibility index (Phi) is 5.96. The summed E-state index contributed by atoms with van der Waals surface area (Å²) >= 11 is 10.9. The van der Waals surface area contributed by atoms with Crippen LogP contribution in [0.3, 0.4) is 0 Å². The molecule has 0 aromatic carbocycles. The van der Waals surface area contributed by atoms with Gasteiger partial charge in [-0.25, -0.2) is 0 Å². The normalized spacial score (nSPS) is 14.2. The predicted molar refractivity (Wildman–Crippen MR) is 43.9 cm³/mol. The van der Waals surface area contributed by atoms with Crippen LogP contribution in [-0.4, -0.2) is 27.0 Å². The van der Waals surface area contributed by atoms with E-state index in [2.05, 4.69) is 0 Å². The Morgan fingerprint density at radius 2 is 1.89 bits per heavy atom. The molecule has 0 amide bonds. The van der Waals surface area contributed by atoms with Crippen molar-refractivity contribution in [1.29, 1.82) is 0 Å². The quantitative estimate of drug-likeness (QED) is 0.614. The van der Waals surface area contributed by atoms with Gasteiger partial charge in [-0.3, -0.25) is 4.21 Å². The fourth-order valence-electron chi connectivity index (χ4n) is 0.417. The topological polar surface area (TPSA) is 17.1 Å². The largest absolute Gasteiger partial charge is 0.259 e. The first-order valence-corrected chi connectivity index (χ1v) is 5.20. The fourth-order valence-corrected chi connectivity index (χ4v) is 2.34. The molecule has 56 valence electrons. The predicted octanol–water partition coefficient (Wildman–Crippen LogP) is 1.60. The smallest absolute Gasteiger partial charge is 0.0618 e. The molecule has 9 heavy (non-hydrogen) atoms. The van der Waals surface area contributed by atoms with E-state index in [-0.39, 0.29) is 5.25 Å². The molecule has 0 N–H and O–H groups in total. The molecule has 1 nitrogen and oxygen atoms in total. The van der Waals surface area contributed by atoms with E-state index >= 15 is 0 Å². The zero-order valence-corrected chi connectivity index (χ0v) is 7.60. The minimum Gasteiger partial charge on any atom is -0.259 e. The van der Waals surface area contributed by atoms with E-state index in [1.165, 1.54) is 0 Å². The molecule has 4 heteroatoms. The van der Waals surface area contributed by atoms with Crippen LogP contribution in [0, 0.1) is 0 Å². The standard InChI is InChI=1S/C5H10Cl2OS/c1-2-9(8)5(3-6)4-7/h5H,2-4H2,1H3. The maximum Gasteiger partial charge on any atom is 0.0618 e. The summed E-state index contributed by atoms with van der Waals surface area (Å²) in [5.41, 5.74) is 0. The Labute approximate surface area is 68.2 Å². The second kappa shape index (κ2) is 5.51. The lowest BCUT2D eigenvalue weighted by molar-refractivity contribution is 0.678. The molecule has 1 atom stereocenters. The summed E-state index contributed by atoms with van der Waals surface area (Å²) in [6.45, 7) is 1.86. The maximum atomic E-state index is 10.9. The molecule has 0 bridgehead atoms. The SMILES string of the molecule is CCS(=O)C(CCl)CCl. The van der Waals surface area contributed by atoms with Gasteiger partial charge in [-0.1, -0.05) is 6.92 Å². The van der Waals surface area contributed by atoms with Crippen LogP contribution in [-0.2, 0) is 10.8 Å². The van der Waals surface area contributed by atoms with Crippen LogP contribution >= 0.6 is 23.2 Å². The van der Waals surface area contributed by atoms with Gasteiger partial charge >= 0.3 is 0 Å². The van der Waals surface area contributed by atoms with E-state index in [1.807, 2.05) is 6.92 Å². The van der Waals surface area contributed by atoms with Gasteiger partial charge in [0.1, 0.15) is 0 Å². The Hall–Kier alpha value is 0.730. The molecule has 0 aliphatic heterocycles. The highest BCUT2D eigenvalue weighted by atomic mass is 35.5. The van der Waals surface area contributed by atoms with Crippen molar-refractivity contribution in [3.8, 4) is 0 Å². The second-order valence-corrected chi connectivity index (χ2v) is 4.22. The lowest BCUT2D eigenvalue weighted by Crippen LogP contribution is -2.20. The minimum atomic E-state index is -0.829. The minimum absolute atomic E-state index is 0.0293. The number of halogens is 2. The fraction of sp³-hybridized carbons (Fsp3) is 1.00. The van der Waals surface area contributed by atoms with Gasteiger partial charge in [-0.2, -0.15) is 0 Å². The van der Waals surface area contributed by atoms with Gasteiger partial charge in [-0.15, -0.1) is 23.2 Å². The molecule has 0 aromatic heterocycles. The average Bonchev–Trinajstić information content (AvgIpc) is 1.90. The van der Waals surface area contributed by atoms with Gasteiger partial charge in [0, 0.05) is 28.3 Å². The van der Waals surface area contributed by atoms with E-state index in [0.717, 1.165) is 0 Å². The van der Waals surface area contributed by atoms with Crippen LogP contribution < -0.4 is 0 Å². The highest BCUT2D eigenvalue weighted by molar-refractivity contribution is 7.85. The zero-order valence-electron chi connectivity index (χ0n) is 5.27. The summed E-state index contributed by atoms with van der Waals surface area (Å²) in [7, 11) is -0.829. The van der Waals surface area contributed by atoms with Gasteiger partial charge < -0.3 is 0 Å². The van der Waals surface area contributed by atoms with Crippen LogP contribution in [0.5, 0.6) is 0 Å². The molecule has 0 aromatic rings. The molecule has 0 saturated heterocycles. The summed E-state index contributed by atoms with van der Waals surface area (Å²) in [6, 6.07) is 0. The molecule has 0 fully saturated rings. The van der Waals surface area contributed by atoms with Crippen molar-refractivity contribution < 1.29 is 4.21 Å². The van der Waals surface area contributed by atoms with Crippen molar-refractivity contribution in [3.05, 3.63) is 0 Å². The van der Waals surface area contributed by atoms with Crippen LogP contribution in [0.2, 0.25) is 0 Å². The lowest BCUT2D eigenvalue weighted by atomic mass is 10.6. The summed E-state index contributed by atoms with van der Waals surface area (Å²) in [5.74, 6) is 1.43. The van der Waals surface area contributed by atoms with Gasteiger partial charge in [0.05, 0.1) is 5.25 Å². The van der Waals surface area contributed by atoms with E-state index in [4.69, 9.17) is 23.2 Å². The van der Waals surface area contributed by atoms with Gasteiger partial charge in [-0.05, 0) is 0 Å². The van der Waals surface area contributed by atoms with Crippen LogP contribution in [0.25, 0.3) is 0 Å². The third-order valence-electron chi connectivity index (χ3n) is 1.00. The first-order valence-electron chi connectivity index (χ1n) is 2.75. The highest BCUT2D eigenvalue weighted by Gasteiger charge is 2.11. The molecule has 0 rings (SSSR count). The van der Waals surface area contributed by atoms with Crippen LogP contribution in [0.1, 0.15) is 6.92 Å². The van der Waals surface area contributed by atoms with E-state index in [0.29, 0.717) is 17.5 Å². The Morgan fingerprint density at radius 3 is 2.00 bits per heavy atom. The van der Waals surface area contributed by atoms with Gasteiger partial charge in [0.15, 0.2) is 0 Å². The number of rotatable bonds is 4. The third kappa shape index (κ3) is 3.43. The van der Waals surface area contributed by atoms with Crippen molar-refractivity contribution in [2.45, 2.75) is 12.2 Å². The van der Waals surface area contributed by atoms with Crippen LogP contribution in [0.4, 0.5) is 0 Å². The molecule has 1 unspecified atom stereocenters. The Morgan fingerprint density at radius 1 is 1.44 bits per heavy atom. The Balaban J connectivity index is 3.64.